The van der Waals surface area contributed by atoms with Gasteiger partial charge in [-0.05, 0) is 12.8 Å². The van der Waals surface area contributed by atoms with Crippen LogP contribution >= 0.6 is 8.25 Å². The van der Waals surface area contributed by atoms with Crippen molar-refractivity contribution in [2.24, 2.45) is 0 Å². The summed E-state index contributed by atoms with van der Waals surface area (Å²) in [5.41, 5.74) is 0. The molecule has 0 unspecified atom stereocenters. The van der Waals surface area contributed by atoms with E-state index in [2.05, 4.69) is 13.8 Å². The number of rotatable bonds is 38. The molecular formula is C38H79O3P. The highest BCUT2D eigenvalue weighted by molar-refractivity contribution is 7.33. The third-order valence-electron chi connectivity index (χ3n) is 8.94. The van der Waals surface area contributed by atoms with Gasteiger partial charge in [0.1, 0.15) is 0 Å². The van der Waals surface area contributed by atoms with Crippen molar-refractivity contribution in [2.45, 2.75) is 232 Å². The van der Waals surface area contributed by atoms with E-state index in [1.165, 1.54) is 205 Å². The lowest BCUT2D eigenvalue weighted by atomic mass is 10.0. The van der Waals surface area contributed by atoms with Crippen LogP contribution < -0.4 is 0 Å². The molecule has 0 amide bonds. The molecule has 4 heteroatoms. The van der Waals surface area contributed by atoms with Gasteiger partial charge in [-0.15, -0.1) is 0 Å². The summed E-state index contributed by atoms with van der Waals surface area (Å²) in [5, 5.41) is 0. The predicted octanol–water partition coefficient (Wildman–Crippen LogP) is 14.7. The molecule has 0 spiro atoms. The molecule has 0 aliphatic rings. The summed E-state index contributed by atoms with van der Waals surface area (Å²) in [7, 11) is -2.28. The Bertz CT molecular complexity index is 457. The zero-order chi connectivity index (χ0) is 30.4. The van der Waals surface area contributed by atoms with E-state index in [-0.39, 0.29) is 0 Å². The van der Waals surface area contributed by atoms with Crippen LogP contribution in [0.3, 0.4) is 0 Å². The molecule has 0 radical (unpaired) electrons. The average Bonchev–Trinajstić information content (AvgIpc) is 3.00. The molecule has 0 rings (SSSR count). The van der Waals surface area contributed by atoms with E-state index in [0.717, 1.165) is 12.8 Å². The van der Waals surface area contributed by atoms with E-state index in [0.29, 0.717) is 13.2 Å². The van der Waals surface area contributed by atoms with Gasteiger partial charge in [-0.3, -0.25) is 4.57 Å². The highest BCUT2D eigenvalue weighted by Crippen LogP contribution is 2.25. The van der Waals surface area contributed by atoms with Gasteiger partial charge in [0.15, 0.2) is 0 Å². The molecule has 254 valence electrons. The standard InChI is InChI=1S/C38H79O3P/c1-3-5-7-9-11-13-15-17-19-21-23-25-27-29-31-33-35-37-40-42(39)41-38-36-34-32-30-28-26-24-22-20-18-16-14-12-10-8-6-4-2/h42H,3-38H2,1-2H3. The van der Waals surface area contributed by atoms with Crippen molar-refractivity contribution in [1.29, 1.82) is 0 Å². The van der Waals surface area contributed by atoms with Crippen LogP contribution in [0.1, 0.15) is 232 Å². The van der Waals surface area contributed by atoms with Crippen molar-refractivity contribution in [1.82, 2.24) is 0 Å². The molecule has 0 saturated carbocycles. The maximum absolute atomic E-state index is 11.9. The average molecular weight is 615 g/mol. The summed E-state index contributed by atoms with van der Waals surface area (Å²) in [4.78, 5) is 0. The molecular weight excluding hydrogens is 535 g/mol. The Morgan fingerprint density at radius 3 is 0.643 bits per heavy atom. The first-order chi connectivity index (χ1) is 20.8. The summed E-state index contributed by atoms with van der Waals surface area (Å²) in [6, 6.07) is 0. The summed E-state index contributed by atoms with van der Waals surface area (Å²) < 4.78 is 22.8. The Kier molecular flexibility index (Phi) is 39.3. The molecule has 0 fully saturated rings. The van der Waals surface area contributed by atoms with Gasteiger partial charge in [0.05, 0.1) is 13.2 Å². The topological polar surface area (TPSA) is 35.5 Å². The van der Waals surface area contributed by atoms with Crippen LogP contribution in [0.2, 0.25) is 0 Å². The monoisotopic (exact) mass is 615 g/mol. The molecule has 0 N–H and O–H groups in total. The van der Waals surface area contributed by atoms with Gasteiger partial charge < -0.3 is 9.05 Å². The molecule has 42 heavy (non-hydrogen) atoms. The number of unbranched alkanes of at least 4 members (excludes halogenated alkanes) is 32. The third-order valence-corrected chi connectivity index (χ3v) is 9.82. The molecule has 0 atom stereocenters. The largest absolute Gasteiger partial charge is 0.319 e. The first-order valence-electron chi connectivity index (χ1n) is 19.6. The fourth-order valence-electron chi connectivity index (χ4n) is 6.01. The van der Waals surface area contributed by atoms with Crippen LogP contribution in [0.5, 0.6) is 0 Å². The first kappa shape index (κ1) is 42.1. The molecule has 0 heterocycles. The lowest BCUT2D eigenvalue weighted by Crippen LogP contribution is -1.92. The maximum atomic E-state index is 11.9. The van der Waals surface area contributed by atoms with Crippen LogP contribution in [0.4, 0.5) is 0 Å². The summed E-state index contributed by atoms with van der Waals surface area (Å²) >= 11 is 0. The van der Waals surface area contributed by atoms with Gasteiger partial charge in [-0.2, -0.15) is 0 Å². The number of hydrogen-bond donors (Lipinski definition) is 0. The zero-order valence-electron chi connectivity index (χ0n) is 29.2. The lowest BCUT2D eigenvalue weighted by molar-refractivity contribution is 0.218. The van der Waals surface area contributed by atoms with E-state index >= 15 is 0 Å². The van der Waals surface area contributed by atoms with Gasteiger partial charge in [-0.1, -0.05) is 219 Å². The maximum Gasteiger partial charge on any atom is 0.319 e. The Balaban J connectivity index is 3.14. The van der Waals surface area contributed by atoms with Crippen molar-refractivity contribution in [3.63, 3.8) is 0 Å². The van der Waals surface area contributed by atoms with Gasteiger partial charge in [-0.25, -0.2) is 0 Å². The number of hydrogen-bond acceptors (Lipinski definition) is 3. The van der Waals surface area contributed by atoms with Crippen molar-refractivity contribution in [2.75, 3.05) is 13.2 Å². The van der Waals surface area contributed by atoms with E-state index in [9.17, 15) is 4.57 Å². The van der Waals surface area contributed by atoms with Gasteiger partial charge in [0, 0.05) is 0 Å². The smallest absolute Gasteiger partial charge is 0.311 e. The van der Waals surface area contributed by atoms with Gasteiger partial charge in [0.25, 0.3) is 0 Å². The Labute approximate surface area is 266 Å². The quantitative estimate of drug-likeness (QED) is 0.0512. The van der Waals surface area contributed by atoms with Crippen molar-refractivity contribution < 1.29 is 13.6 Å². The molecule has 0 aliphatic heterocycles. The van der Waals surface area contributed by atoms with Crippen LogP contribution in [0.15, 0.2) is 0 Å². The SMILES string of the molecule is CCCCCCCCCCCCCCCCCCCO[PH](=O)OCCCCCCCCCCCCCCCCCCC. The molecule has 0 aromatic heterocycles. The highest BCUT2D eigenvalue weighted by Gasteiger charge is 2.01. The van der Waals surface area contributed by atoms with Crippen LogP contribution in [-0.4, -0.2) is 13.2 Å². The third kappa shape index (κ3) is 38.2. The van der Waals surface area contributed by atoms with Crippen LogP contribution in [-0.2, 0) is 13.6 Å². The van der Waals surface area contributed by atoms with E-state index < -0.39 is 8.25 Å². The minimum absolute atomic E-state index is 0.593. The second-order valence-corrected chi connectivity index (χ2v) is 14.3. The fraction of sp³-hybridized carbons (Fsp3) is 1.00. The van der Waals surface area contributed by atoms with Crippen molar-refractivity contribution in [3.05, 3.63) is 0 Å². The highest BCUT2D eigenvalue weighted by atomic mass is 31.1. The summed E-state index contributed by atoms with van der Waals surface area (Å²) in [6.07, 6.45) is 46.7. The summed E-state index contributed by atoms with van der Waals surface area (Å²) in [5.74, 6) is 0. The molecule has 0 saturated heterocycles. The van der Waals surface area contributed by atoms with E-state index in [1.54, 1.807) is 0 Å². The Morgan fingerprint density at radius 1 is 0.286 bits per heavy atom. The predicted molar refractivity (Wildman–Crippen MR) is 189 cm³/mol. The van der Waals surface area contributed by atoms with E-state index in [1.807, 2.05) is 0 Å². The summed E-state index contributed by atoms with van der Waals surface area (Å²) in [6.45, 7) is 5.77. The van der Waals surface area contributed by atoms with Crippen LogP contribution in [0, 0.1) is 0 Å². The second kappa shape index (κ2) is 39.2. The van der Waals surface area contributed by atoms with Crippen molar-refractivity contribution in [3.8, 4) is 0 Å². The lowest BCUT2D eigenvalue weighted by Gasteiger charge is -2.06. The zero-order valence-corrected chi connectivity index (χ0v) is 30.2. The molecule has 0 aliphatic carbocycles. The van der Waals surface area contributed by atoms with Crippen molar-refractivity contribution >= 4 is 8.25 Å². The minimum atomic E-state index is -2.28. The fourth-order valence-corrected chi connectivity index (χ4v) is 6.71. The first-order valence-corrected chi connectivity index (χ1v) is 20.8. The second-order valence-electron chi connectivity index (χ2n) is 13.3. The van der Waals surface area contributed by atoms with Gasteiger partial charge in [0.2, 0.25) is 0 Å². The van der Waals surface area contributed by atoms with E-state index in [4.69, 9.17) is 9.05 Å². The Morgan fingerprint density at radius 2 is 0.452 bits per heavy atom. The molecule has 0 aromatic carbocycles. The van der Waals surface area contributed by atoms with Crippen LogP contribution in [0.25, 0.3) is 0 Å². The molecule has 0 bridgehead atoms. The minimum Gasteiger partial charge on any atom is -0.311 e. The Hall–Kier alpha value is 0.150. The normalized spacial score (nSPS) is 11.7. The van der Waals surface area contributed by atoms with Gasteiger partial charge >= 0.3 is 8.25 Å². The molecule has 3 nitrogen and oxygen atoms in total. The molecule has 0 aromatic rings.